The number of nitrogens with one attached hydrogen (secondary N) is 1. The number of nitrogens with zero attached hydrogens (tertiary/aromatic N) is 1. The van der Waals surface area contributed by atoms with Gasteiger partial charge >= 0.3 is 0 Å². The van der Waals surface area contributed by atoms with Gasteiger partial charge in [0.1, 0.15) is 0 Å². The van der Waals surface area contributed by atoms with Crippen LogP contribution in [0.4, 0.5) is 0 Å². The Kier molecular flexibility index (Phi) is 5.28. The molecule has 1 aliphatic rings. The van der Waals surface area contributed by atoms with Gasteiger partial charge < -0.3 is 10.2 Å². The number of thioether (sulfide) groups is 1. The minimum absolute atomic E-state index is 0.0533. The molecule has 1 aromatic carbocycles. The van der Waals surface area contributed by atoms with Gasteiger partial charge in [0, 0.05) is 17.5 Å². The largest absolute Gasteiger partial charge is 0.352 e. The van der Waals surface area contributed by atoms with Crippen LogP contribution in [0.25, 0.3) is 0 Å². The highest BCUT2D eigenvalue weighted by atomic mass is 32.2. The summed E-state index contributed by atoms with van der Waals surface area (Å²) >= 11 is 1.61. The molecular formula is C16H22N2O2S. The van der Waals surface area contributed by atoms with Crippen LogP contribution in [-0.2, 0) is 16.0 Å². The van der Waals surface area contributed by atoms with Gasteiger partial charge in [0.2, 0.25) is 11.8 Å². The Bertz CT molecular complexity index is 506. The van der Waals surface area contributed by atoms with Crippen molar-refractivity contribution in [2.75, 3.05) is 13.1 Å². The molecule has 4 nitrogen and oxygen atoms in total. The number of fused-ring (bicyclic) bond motifs is 1. The summed E-state index contributed by atoms with van der Waals surface area (Å²) in [6, 6.07) is 8.20. The molecule has 0 aliphatic carbocycles. The average molecular weight is 306 g/mol. The average Bonchev–Trinajstić information content (AvgIpc) is 2.87. The quantitative estimate of drug-likeness (QED) is 0.906. The first-order valence-electron chi connectivity index (χ1n) is 7.34. The summed E-state index contributed by atoms with van der Waals surface area (Å²) in [5, 5.41) is 2.73. The number of likely N-dealkylation sites (N-methyl/N-ethyl adjacent to an activating group) is 1. The van der Waals surface area contributed by atoms with Crippen molar-refractivity contribution in [3.05, 3.63) is 29.8 Å². The van der Waals surface area contributed by atoms with E-state index in [-0.39, 0.29) is 29.7 Å². The second-order valence-corrected chi connectivity index (χ2v) is 6.74. The highest BCUT2D eigenvalue weighted by Crippen LogP contribution is 2.37. The standard InChI is InChI=1S/C16H22N2O2S/c1-4-18(10-15(19)17-11(2)3)16(20)14-9-12-7-5-6-8-13(12)21-14/h5-8,11,14H,4,9-10H2,1-3H3,(H,17,19)/t14-/m0/s1. The van der Waals surface area contributed by atoms with E-state index in [0.717, 1.165) is 6.42 Å². The SMILES string of the molecule is CCN(CC(=O)NC(C)C)C(=O)[C@@H]1Cc2ccccc2S1. The number of carbonyl (C=O) groups is 2. The van der Waals surface area contributed by atoms with Gasteiger partial charge in [-0.3, -0.25) is 9.59 Å². The van der Waals surface area contributed by atoms with Gasteiger partial charge in [-0.05, 0) is 38.8 Å². The molecule has 21 heavy (non-hydrogen) atoms. The lowest BCUT2D eigenvalue weighted by molar-refractivity contribution is -0.135. The van der Waals surface area contributed by atoms with Crippen molar-refractivity contribution >= 4 is 23.6 Å². The fourth-order valence-electron chi connectivity index (χ4n) is 2.41. The van der Waals surface area contributed by atoms with Crippen molar-refractivity contribution in [2.24, 2.45) is 0 Å². The van der Waals surface area contributed by atoms with Crippen molar-refractivity contribution in [2.45, 2.75) is 43.4 Å². The predicted octanol–water partition coefficient (Wildman–Crippen LogP) is 2.08. The lowest BCUT2D eigenvalue weighted by Crippen LogP contribution is -2.45. The molecule has 0 aromatic heterocycles. The van der Waals surface area contributed by atoms with E-state index < -0.39 is 0 Å². The normalized spacial score (nSPS) is 16.7. The summed E-state index contributed by atoms with van der Waals surface area (Å²) < 4.78 is 0. The third-order valence-electron chi connectivity index (χ3n) is 3.40. The fourth-order valence-corrected chi connectivity index (χ4v) is 3.69. The zero-order chi connectivity index (χ0) is 15.4. The van der Waals surface area contributed by atoms with Crippen LogP contribution in [0.3, 0.4) is 0 Å². The molecule has 2 amide bonds. The summed E-state index contributed by atoms with van der Waals surface area (Å²) in [4.78, 5) is 27.3. The molecule has 1 N–H and O–H groups in total. The van der Waals surface area contributed by atoms with Crippen molar-refractivity contribution < 1.29 is 9.59 Å². The Morgan fingerprint density at radius 3 is 2.71 bits per heavy atom. The van der Waals surface area contributed by atoms with E-state index in [0.29, 0.717) is 6.54 Å². The van der Waals surface area contributed by atoms with Crippen LogP contribution in [-0.4, -0.2) is 41.1 Å². The molecule has 1 aliphatic heterocycles. The highest BCUT2D eigenvalue weighted by Gasteiger charge is 2.31. The molecule has 0 radical (unpaired) electrons. The van der Waals surface area contributed by atoms with Crippen molar-refractivity contribution in [3.8, 4) is 0 Å². The maximum atomic E-state index is 12.6. The first-order valence-corrected chi connectivity index (χ1v) is 8.22. The Balaban J connectivity index is 1.97. The van der Waals surface area contributed by atoms with Crippen LogP contribution >= 0.6 is 11.8 Å². The topological polar surface area (TPSA) is 49.4 Å². The number of hydrogen-bond donors (Lipinski definition) is 1. The zero-order valence-corrected chi connectivity index (χ0v) is 13.6. The summed E-state index contributed by atoms with van der Waals surface area (Å²) in [6.45, 7) is 6.44. The van der Waals surface area contributed by atoms with Crippen LogP contribution in [0.5, 0.6) is 0 Å². The molecule has 0 unspecified atom stereocenters. The number of benzene rings is 1. The first-order chi connectivity index (χ1) is 10.0. The molecule has 1 heterocycles. The molecule has 0 bridgehead atoms. The van der Waals surface area contributed by atoms with E-state index in [2.05, 4.69) is 17.4 Å². The molecule has 114 valence electrons. The van der Waals surface area contributed by atoms with E-state index in [1.165, 1.54) is 10.5 Å². The minimum Gasteiger partial charge on any atom is -0.352 e. The van der Waals surface area contributed by atoms with Crippen LogP contribution in [0, 0.1) is 0 Å². The van der Waals surface area contributed by atoms with Crippen LogP contribution in [0.15, 0.2) is 29.2 Å². The molecule has 0 fully saturated rings. The Hall–Kier alpha value is -1.49. The highest BCUT2D eigenvalue weighted by molar-refractivity contribution is 8.01. The van der Waals surface area contributed by atoms with Gasteiger partial charge in [-0.1, -0.05) is 18.2 Å². The second-order valence-electron chi connectivity index (χ2n) is 5.49. The van der Waals surface area contributed by atoms with Gasteiger partial charge in [-0.2, -0.15) is 0 Å². The van der Waals surface area contributed by atoms with Gasteiger partial charge in [0.15, 0.2) is 0 Å². The number of rotatable bonds is 5. The zero-order valence-electron chi connectivity index (χ0n) is 12.8. The Morgan fingerprint density at radius 2 is 2.10 bits per heavy atom. The molecule has 0 saturated carbocycles. The lowest BCUT2D eigenvalue weighted by atomic mass is 10.1. The number of amides is 2. The van der Waals surface area contributed by atoms with Crippen LogP contribution in [0.1, 0.15) is 26.3 Å². The third-order valence-corrected chi connectivity index (χ3v) is 4.71. The monoisotopic (exact) mass is 306 g/mol. The summed E-state index contributed by atoms with van der Waals surface area (Å²) in [5.74, 6) is -0.0432. The first kappa shape index (κ1) is 15.9. The smallest absolute Gasteiger partial charge is 0.239 e. The van der Waals surface area contributed by atoms with Crippen molar-refractivity contribution in [3.63, 3.8) is 0 Å². The van der Waals surface area contributed by atoms with Crippen molar-refractivity contribution in [1.29, 1.82) is 0 Å². The van der Waals surface area contributed by atoms with Gasteiger partial charge in [0.05, 0.1) is 11.8 Å². The molecule has 2 rings (SSSR count). The Labute approximate surface area is 130 Å². The predicted molar refractivity (Wildman–Crippen MR) is 85.3 cm³/mol. The summed E-state index contributed by atoms with van der Waals surface area (Å²) in [5.41, 5.74) is 1.23. The maximum Gasteiger partial charge on any atom is 0.239 e. The fraction of sp³-hybridized carbons (Fsp3) is 0.500. The van der Waals surface area contributed by atoms with Crippen LogP contribution in [0.2, 0.25) is 0 Å². The van der Waals surface area contributed by atoms with Gasteiger partial charge in [-0.15, -0.1) is 11.8 Å². The van der Waals surface area contributed by atoms with Crippen LogP contribution < -0.4 is 5.32 Å². The molecule has 0 saturated heterocycles. The van der Waals surface area contributed by atoms with E-state index >= 15 is 0 Å². The van der Waals surface area contributed by atoms with E-state index in [1.807, 2.05) is 32.9 Å². The second kappa shape index (κ2) is 6.98. The summed E-state index contributed by atoms with van der Waals surface area (Å²) in [6.07, 6.45) is 0.752. The molecule has 5 heteroatoms. The molecular weight excluding hydrogens is 284 g/mol. The van der Waals surface area contributed by atoms with E-state index in [4.69, 9.17) is 0 Å². The van der Waals surface area contributed by atoms with E-state index in [1.54, 1.807) is 16.7 Å². The molecule has 1 atom stereocenters. The maximum absolute atomic E-state index is 12.6. The third kappa shape index (κ3) is 4.00. The van der Waals surface area contributed by atoms with Gasteiger partial charge in [-0.25, -0.2) is 0 Å². The Morgan fingerprint density at radius 1 is 1.38 bits per heavy atom. The van der Waals surface area contributed by atoms with E-state index in [9.17, 15) is 9.59 Å². The van der Waals surface area contributed by atoms with Gasteiger partial charge in [0.25, 0.3) is 0 Å². The van der Waals surface area contributed by atoms with Crippen molar-refractivity contribution in [1.82, 2.24) is 10.2 Å². The minimum atomic E-state index is -0.103. The molecule has 1 aromatic rings. The number of hydrogen-bond acceptors (Lipinski definition) is 3. The lowest BCUT2D eigenvalue weighted by Gasteiger charge is -2.23. The summed E-state index contributed by atoms with van der Waals surface area (Å²) in [7, 11) is 0. The number of carbonyl (C=O) groups excluding carboxylic acids is 2. The molecule has 0 spiro atoms.